The molecule has 3 aromatic rings. The molecule has 0 bridgehead atoms. The van der Waals surface area contributed by atoms with Gasteiger partial charge in [0.25, 0.3) is 0 Å². The predicted octanol–water partition coefficient (Wildman–Crippen LogP) is 6.35. The highest BCUT2D eigenvalue weighted by Gasteiger charge is 2.40. The van der Waals surface area contributed by atoms with Crippen LogP contribution < -0.4 is 0 Å². The highest BCUT2D eigenvalue weighted by Crippen LogP contribution is 2.44. The zero-order valence-corrected chi connectivity index (χ0v) is 20.7. The second-order valence-corrected chi connectivity index (χ2v) is 10.6. The van der Waals surface area contributed by atoms with E-state index >= 15 is 0 Å². The number of hydrogen-bond acceptors (Lipinski definition) is 5. The number of amides is 1. The van der Waals surface area contributed by atoms with Gasteiger partial charge < -0.3 is 9.64 Å². The van der Waals surface area contributed by atoms with Gasteiger partial charge in [0, 0.05) is 29.1 Å². The lowest BCUT2D eigenvalue weighted by Crippen LogP contribution is -2.41. The number of aromatic nitrogens is 2. The Balaban J connectivity index is 1.85. The van der Waals surface area contributed by atoms with E-state index < -0.39 is 36.2 Å². The molecule has 1 aliphatic heterocycles. The SMILES string of the molecule is CC(C)(C)OC(=O)N1Cc2sc(C#N)cc2[C@H](c2ccccc2-c2cn(CCF)nc2C(F)(F)F)C1. The van der Waals surface area contributed by atoms with Gasteiger partial charge in [-0.15, -0.1) is 11.3 Å². The van der Waals surface area contributed by atoms with Crippen molar-refractivity contribution >= 4 is 17.4 Å². The van der Waals surface area contributed by atoms with Gasteiger partial charge in [0.1, 0.15) is 23.2 Å². The third-order valence-electron chi connectivity index (χ3n) is 5.69. The molecule has 1 amide bonds. The van der Waals surface area contributed by atoms with Crippen molar-refractivity contribution in [2.75, 3.05) is 13.2 Å². The number of nitriles is 1. The summed E-state index contributed by atoms with van der Waals surface area (Å²) in [6.45, 7) is 4.47. The molecule has 0 fully saturated rings. The van der Waals surface area contributed by atoms with Gasteiger partial charge in [-0.25, -0.2) is 9.18 Å². The summed E-state index contributed by atoms with van der Waals surface area (Å²) < 4.78 is 61.1. The quantitative estimate of drug-likeness (QED) is 0.376. The minimum absolute atomic E-state index is 0.153. The fourth-order valence-electron chi connectivity index (χ4n) is 4.28. The molecule has 11 heteroatoms. The van der Waals surface area contributed by atoms with Crippen LogP contribution in [-0.4, -0.2) is 39.6 Å². The molecule has 0 spiro atoms. The molecule has 0 saturated heterocycles. The van der Waals surface area contributed by atoms with E-state index in [2.05, 4.69) is 11.2 Å². The van der Waals surface area contributed by atoms with Crippen molar-refractivity contribution in [3.63, 3.8) is 0 Å². The average molecular weight is 521 g/mol. The smallest absolute Gasteiger partial charge is 0.435 e. The molecule has 190 valence electrons. The third-order valence-corrected chi connectivity index (χ3v) is 6.73. The van der Waals surface area contributed by atoms with Gasteiger partial charge in [0.2, 0.25) is 0 Å². The van der Waals surface area contributed by atoms with E-state index in [-0.39, 0.29) is 30.8 Å². The Morgan fingerprint density at radius 2 is 1.94 bits per heavy atom. The summed E-state index contributed by atoms with van der Waals surface area (Å²) in [6, 6.07) is 10.4. The van der Waals surface area contributed by atoms with Crippen LogP contribution in [0.5, 0.6) is 0 Å². The lowest BCUT2D eigenvalue weighted by atomic mass is 9.84. The molecule has 1 aromatic carbocycles. The van der Waals surface area contributed by atoms with Crippen molar-refractivity contribution in [1.29, 1.82) is 5.26 Å². The maximum atomic E-state index is 13.9. The molecule has 36 heavy (non-hydrogen) atoms. The number of benzene rings is 1. The number of fused-ring (bicyclic) bond motifs is 1. The van der Waals surface area contributed by atoms with E-state index in [1.54, 1.807) is 51.1 Å². The number of carbonyl (C=O) groups is 1. The zero-order chi connectivity index (χ0) is 26.3. The van der Waals surface area contributed by atoms with E-state index in [0.717, 1.165) is 15.1 Å². The summed E-state index contributed by atoms with van der Waals surface area (Å²) >= 11 is 1.24. The van der Waals surface area contributed by atoms with Crippen LogP contribution in [0.3, 0.4) is 0 Å². The largest absolute Gasteiger partial charge is 0.444 e. The van der Waals surface area contributed by atoms with Crippen LogP contribution in [0.4, 0.5) is 22.4 Å². The normalized spacial score (nSPS) is 15.9. The van der Waals surface area contributed by atoms with E-state index in [4.69, 9.17) is 4.74 Å². The van der Waals surface area contributed by atoms with Gasteiger partial charge in [-0.05, 0) is 43.5 Å². The van der Waals surface area contributed by atoms with Gasteiger partial charge in [0.05, 0.1) is 13.1 Å². The molecule has 4 rings (SSSR count). The second-order valence-electron chi connectivity index (χ2n) is 9.44. The molecular weight excluding hydrogens is 496 g/mol. The van der Waals surface area contributed by atoms with Crippen LogP contribution in [-0.2, 0) is 24.0 Å². The Labute approximate surface area is 209 Å². The molecule has 1 aliphatic rings. The van der Waals surface area contributed by atoms with E-state index in [9.17, 15) is 27.6 Å². The van der Waals surface area contributed by atoms with E-state index in [1.165, 1.54) is 22.4 Å². The molecule has 0 N–H and O–H groups in total. The number of hydrogen-bond donors (Lipinski definition) is 0. The number of rotatable bonds is 4. The fraction of sp³-hybridized carbons (Fsp3) is 0.400. The predicted molar refractivity (Wildman–Crippen MR) is 126 cm³/mol. The summed E-state index contributed by atoms with van der Waals surface area (Å²) in [6.07, 6.45) is -4.10. The molecule has 1 atom stereocenters. The zero-order valence-electron chi connectivity index (χ0n) is 19.9. The van der Waals surface area contributed by atoms with Gasteiger partial charge in [-0.3, -0.25) is 4.68 Å². The number of thiophene rings is 1. The number of alkyl halides is 4. The number of nitrogens with zero attached hydrogens (tertiary/aromatic N) is 4. The van der Waals surface area contributed by atoms with E-state index in [1.807, 2.05) is 0 Å². The fourth-order valence-corrected chi connectivity index (χ4v) is 5.32. The summed E-state index contributed by atoms with van der Waals surface area (Å²) in [5.41, 5.74) is -0.399. The number of ether oxygens (including phenoxy) is 1. The summed E-state index contributed by atoms with van der Waals surface area (Å²) in [5, 5.41) is 13.1. The Morgan fingerprint density at radius 1 is 1.22 bits per heavy atom. The number of aryl methyl sites for hydroxylation is 1. The maximum absolute atomic E-state index is 13.9. The van der Waals surface area contributed by atoms with Crippen molar-refractivity contribution in [2.45, 2.75) is 51.6 Å². The van der Waals surface area contributed by atoms with Crippen LogP contribution in [0, 0.1) is 11.3 Å². The topological polar surface area (TPSA) is 71.2 Å². The number of carbonyl (C=O) groups excluding carboxylic acids is 1. The second kappa shape index (κ2) is 9.58. The van der Waals surface area contributed by atoms with Crippen molar-refractivity contribution < 1.29 is 27.1 Å². The van der Waals surface area contributed by atoms with Crippen molar-refractivity contribution in [3.05, 3.63) is 63.1 Å². The van der Waals surface area contributed by atoms with Crippen molar-refractivity contribution in [1.82, 2.24) is 14.7 Å². The molecule has 2 aromatic heterocycles. The highest BCUT2D eigenvalue weighted by atomic mass is 32.1. The van der Waals surface area contributed by atoms with Crippen LogP contribution in [0.1, 0.15) is 53.3 Å². The summed E-state index contributed by atoms with van der Waals surface area (Å²) in [5.74, 6) is -0.513. The Hall–Kier alpha value is -3.39. The number of halogens is 4. The minimum atomic E-state index is -4.75. The van der Waals surface area contributed by atoms with Crippen LogP contribution in [0.15, 0.2) is 36.5 Å². The molecule has 3 heterocycles. The maximum Gasteiger partial charge on any atom is 0.435 e. The van der Waals surface area contributed by atoms with Gasteiger partial charge >= 0.3 is 12.3 Å². The Morgan fingerprint density at radius 3 is 2.58 bits per heavy atom. The summed E-state index contributed by atoms with van der Waals surface area (Å²) in [7, 11) is 0. The monoisotopic (exact) mass is 520 g/mol. The van der Waals surface area contributed by atoms with Crippen molar-refractivity contribution in [3.8, 4) is 17.2 Å². The lowest BCUT2D eigenvalue weighted by molar-refractivity contribution is -0.141. The van der Waals surface area contributed by atoms with Crippen LogP contribution in [0.2, 0.25) is 0 Å². The Bertz CT molecular complexity index is 1320. The standard InChI is InChI=1S/C25H24F4N4O2S/c1-24(2,3)35-23(34)32-12-19(18-10-15(11-30)36-21(18)14-32)16-6-4-5-7-17(16)20-13-33(9-8-26)31-22(20)25(27,28)29/h4-7,10,13,19H,8-9,12,14H2,1-3H3/t19-/m0/s1. The first-order chi connectivity index (χ1) is 16.9. The Kier molecular flexibility index (Phi) is 6.84. The molecule has 0 saturated carbocycles. The van der Waals surface area contributed by atoms with Crippen LogP contribution in [0.25, 0.3) is 11.1 Å². The molecule has 0 radical (unpaired) electrons. The first-order valence-electron chi connectivity index (χ1n) is 11.2. The van der Waals surface area contributed by atoms with Gasteiger partial charge in [0.15, 0.2) is 5.69 Å². The lowest BCUT2D eigenvalue weighted by Gasteiger charge is -2.35. The highest BCUT2D eigenvalue weighted by molar-refractivity contribution is 7.12. The van der Waals surface area contributed by atoms with E-state index in [0.29, 0.717) is 10.4 Å². The van der Waals surface area contributed by atoms with Crippen molar-refractivity contribution in [2.24, 2.45) is 0 Å². The summed E-state index contributed by atoms with van der Waals surface area (Å²) in [4.78, 5) is 15.7. The molecule has 0 aliphatic carbocycles. The average Bonchev–Trinajstić information content (AvgIpc) is 3.41. The van der Waals surface area contributed by atoms with Gasteiger partial charge in [-0.1, -0.05) is 24.3 Å². The van der Waals surface area contributed by atoms with Gasteiger partial charge in [-0.2, -0.15) is 23.5 Å². The first kappa shape index (κ1) is 25.7. The van der Waals surface area contributed by atoms with Crippen LogP contribution >= 0.6 is 11.3 Å². The molecule has 0 unspecified atom stereocenters. The molecular formula is C25H24F4N4O2S. The first-order valence-corrected chi connectivity index (χ1v) is 12.0. The minimum Gasteiger partial charge on any atom is -0.444 e. The third kappa shape index (κ3) is 5.23. The molecule has 6 nitrogen and oxygen atoms in total.